The molecular formula is C63H42N4. The summed E-state index contributed by atoms with van der Waals surface area (Å²) in [4.78, 5) is 15.6. The molecule has 67 heavy (non-hydrogen) atoms. The number of benzene rings is 10. The summed E-state index contributed by atoms with van der Waals surface area (Å²) in [5.41, 5.74) is 17.7. The third kappa shape index (κ3) is 7.77. The topological polar surface area (TPSA) is 43.6 Å². The minimum atomic E-state index is 0.608. The summed E-state index contributed by atoms with van der Waals surface area (Å²) in [6, 6.07) is 90.1. The predicted octanol–water partition coefficient (Wildman–Crippen LogP) is 16.3. The molecule has 4 heteroatoms. The van der Waals surface area contributed by atoms with Gasteiger partial charge in [0.05, 0.1) is 11.0 Å². The van der Waals surface area contributed by atoms with Crippen LogP contribution in [0.4, 0.5) is 0 Å². The van der Waals surface area contributed by atoms with E-state index in [1.54, 1.807) is 0 Å². The normalized spacial score (nSPS) is 11.3. The van der Waals surface area contributed by atoms with Gasteiger partial charge in [-0.05, 0) is 98.1 Å². The number of hydrogen-bond acceptors (Lipinski definition) is 3. The maximum atomic E-state index is 5.21. The molecule has 0 aliphatic carbocycles. The Hall–Kier alpha value is -8.99. The third-order valence-corrected chi connectivity index (χ3v) is 12.7. The average molecular weight is 855 g/mol. The van der Waals surface area contributed by atoms with Gasteiger partial charge in [-0.15, -0.1) is 0 Å². The van der Waals surface area contributed by atoms with Gasteiger partial charge in [-0.25, -0.2) is 15.0 Å². The number of nitrogens with zero attached hydrogens (tertiary/aromatic N) is 4. The molecule has 0 bridgehead atoms. The van der Waals surface area contributed by atoms with E-state index in [1.165, 1.54) is 44.2 Å². The molecule has 0 amide bonds. The molecule has 0 atom stereocenters. The number of aromatic nitrogens is 4. The van der Waals surface area contributed by atoms with Gasteiger partial charge >= 0.3 is 0 Å². The third-order valence-electron chi connectivity index (χ3n) is 12.7. The highest BCUT2D eigenvalue weighted by atomic mass is 15.0. The van der Waals surface area contributed by atoms with Crippen LogP contribution >= 0.6 is 0 Å². The summed E-state index contributed by atoms with van der Waals surface area (Å²) in [6.45, 7) is 0. The first kappa shape index (κ1) is 39.6. The second-order valence-electron chi connectivity index (χ2n) is 16.9. The smallest absolute Gasteiger partial charge is 0.164 e. The van der Waals surface area contributed by atoms with E-state index in [4.69, 9.17) is 15.0 Å². The molecule has 2 aromatic heterocycles. The maximum absolute atomic E-state index is 5.21. The van der Waals surface area contributed by atoms with Gasteiger partial charge in [0, 0.05) is 33.2 Å². The van der Waals surface area contributed by atoms with E-state index in [9.17, 15) is 0 Å². The van der Waals surface area contributed by atoms with Crippen molar-refractivity contribution in [3.63, 3.8) is 0 Å². The van der Waals surface area contributed by atoms with Crippen molar-refractivity contribution >= 4 is 21.8 Å². The molecule has 0 aliphatic heterocycles. The van der Waals surface area contributed by atoms with Gasteiger partial charge in [-0.1, -0.05) is 212 Å². The summed E-state index contributed by atoms with van der Waals surface area (Å²) in [5, 5.41) is 2.44. The van der Waals surface area contributed by atoms with E-state index in [0.29, 0.717) is 17.5 Å². The second-order valence-corrected chi connectivity index (χ2v) is 16.9. The molecule has 0 radical (unpaired) electrons. The number of fused-ring (bicyclic) bond motifs is 3. The van der Waals surface area contributed by atoms with E-state index in [-0.39, 0.29) is 0 Å². The maximum Gasteiger partial charge on any atom is 0.164 e. The van der Waals surface area contributed by atoms with Crippen molar-refractivity contribution in [1.29, 1.82) is 0 Å². The van der Waals surface area contributed by atoms with Crippen LogP contribution in [0.2, 0.25) is 0 Å². The van der Waals surface area contributed by atoms with Gasteiger partial charge in [-0.3, -0.25) is 0 Å². The number of para-hydroxylation sites is 2. The molecule has 0 saturated heterocycles. The largest absolute Gasteiger partial charge is 0.309 e. The van der Waals surface area contributed by atoms with E-state index in [1.807, 2.05) is 0 Å². The molecule has 10 aromatic carbocycles. The Kier molecular flexibility index (Phi) is 10.2. The highest BCUT2D eigenvalue weighted by molar-refractivity contribution is 6.09. The van der Waals surface area contributed by atoms with E-state index in [2.05, 4.69) is 259 Å². The van der Waals surface area contributed by atoms with Gasteiger partial charge in [0.2, 0.25) is 0 Å². The van der Waals surface area contributed by atoms with Crippen molar-refractivity contribution in [2.45, 2.75) is 0 Å². The number of hydrogen-bond donors (Lipinski definition) is 0. The van der Waals surface area contributed by atoms with E-state index < -0.39 is 0 Å². The molecule has 0 saturated carbocycles. The average Bonchev–Trinajstić information content (AvgIpc) is 3.76. The zero-order chi connectivity index (χ0) is 44.5. The SMILES string of the molecule is c1ccc(-c2cccc(-c3ccc(-c4nc(-c5ccc(-c6cccc(-c7cccc(-c8ccccc8)c7)c6)cc5)nc(-c5cccc(-n6c7ccccc7c7ccccc76)c5)n4)cc3)c2)cc1. The summed E-state index contributed by atoms with van der Waals surface area (Å²) < 4.78 is 2.33. The van der Waals surface area contributed by atoms with Crippen molar-refractivity contribution in [2.24, 2.45) is 0 Å². The Morgan fingerprint density at radius 2 is 0.507 bits per heavy atom. The fourth-order valence-corrected chi connectivity index (χ4v) is 9.27. The van der Waals surface area contributed by atoms with Crippen molar-refractivity contribution in [3.05, 3.63) is 255 Å². The fraction of sp³-hybridized carbons (Fsp3) is 0. The standard InChI is InChI=1S/C63H42N4/c1-3-15-43(16-4-1)49-19-11-21-51(39-49)45-31-35-47(36-32-45)61-64-62(66-63(65-61)55-25-14-26-56(42-55)67-59-29-9-7-27-57(59)58-28-8-10-30-60(58)67)48-37-33-46(34-38-48)52-22-13-24-54(41-52)53-23-12-20-50(40-53)44-17-5-2-6-18-44/h1-42H. The first-order chi connectivity index (χ1) is 33.2. The summed E-state index contributed by atoms with van der Waals surface area (Å²) in [7, 11) is 0. The number of rotatable bonds is 9. The molecule has 314 valence electrons. The highest BCUT2D eigenvalue weighted by Crippen LogP contribution is 2.36. The van der Waals surface area contributed by atoms with Crippen LogP contribution in [0.1, 0.15) is 0 Å². The molecule has 4 nitrogen and oxygen atoms in total. The molecule has 12 rings (SSSR count). The monoisotopic (exact) mass is 854 g/mol. The van der Waals surface area contributed by atoms with Gasteiger partial charge in [0.15, 0.2) is 17.5 Å². The lowest BCUT2D eigenvalue weighted by molar-refractivity contribution is 1.07. The lowest BCUT2D eigenvalue weighted by Crippen LogP contribution is -2.01. The van der Waals surface area contributed by atoms with Crippen LogP contribution in [-0.4, -0.2) is 19.5 Å². The zero-order valence-corrected chi connectivity index (χ0v) is 36.5. The van der Waals surface area contributed by atoms with Crippen molar-refractivity contribution < 1.29 is 0 Å². The van der Waals surface area contributed by atoms with Crippen LogP contribution in [0.15, 0.2) is 255 Å². The van der Waals surface area contributed by atoms with Gasteiger partial charge < -0.3 is 4.57 Å². The van der Waals surface area contributed by atoms with Crippen LogP contribution < -0.4 is 0 Å². The van der Waals surface area contributed by atoms with Crippen molar-refractivity contribution in [2.75, 3.05) is 0 Å². The van der Waals surface area contributed by atoms with Crippen LogP contribution in [0.25, 0.3) is 117 Å². The second kappa shape index (κ2) is 17.2. The lowest BCUT2D eigenvalue weighted by atomic mass is 9.96. The van der Waals surface area contributed by atoms with Crippen LogP contribution in [0.5, 0.6) is 0 Å². The molecule has 0 aliphatic rings. The highest BCUT2D eigenvalue weighted by Gasteiger charge is 2.16. The van der Waals surface area contributed by atoms with Crippen LogP contribution in [0, 0.1) is 0 Å². The first-order valence-electron chi connectivity index (χ1n) is 22.7. The summed E-state index contributed by atoms with van der Waals surface area (Å²) >= 11 is 0. The molecule has 2 heterocycles. The summed E-state index contributed by atoms with van der Waals surface area (Å²) in [5.74, 6) is 1.83. The van der Waals surface area contributed by atoms with Crippen LogP contribution in [-0.2, 0) is 0 Å². The van der Waals surface area contributed by atoms with E-state index >= 15 is 0 Å². The van der Waals surface area contributed by atoms with Gasteiger partial charge in [0.1, 0.15) is 0 Å². The minimum absolute atomic E-state index is 0.608. The molecule has 12 aromatic rings. The molecular weight excluding hydrogens is 813 g/mol. The minimum Gasteiger partial charge on any atom is -0.309 e. The van der Waals surface area contributed by atoms with Gasteiger partial charge in [-0.2, -0.15) is 0 Å². The predicted molar refractivity (Wildman–Crippen MR) is 278 cm³/mol. The molecule has 0 spiro atoms. The Balaban J connectivity index is 0.922. The Labute approximate surface area is 389 Å². The molecule has 0 N–H and O–H groups in total. The van der Waals surface area contributed by atoms with Crippen molar-refractivity contribution in [3.8, 4) is 95.5 Å². The Bertz CT molecular complexity index is 3670. The van der Waals surface area contributed by atoms with Crippen molar-refractivity contribution in [1.82, 2.24) is 19.5 Å². The molecule has 0 unspecified atom stereocenters. The Morgan fingerprint density at radius 3 is 0.940 bits per heavy atom. The van der Waals surface area contributed by atoms with Gasteiger partial charge in [0.25, 0.3) is 0 Å². The van der Waals surface area contributed by atoms with Crippen LogP contribution in [0.3, 0.4) is 0 Å². The quantitative estimate of drug-likeness (QED) is 0.145. The fourth-order valence-electron chi connectivity index (χ4n) is 9.27. The first-order valence-corrected chi connectivity index (χ1v) is 22.7. The zero-order valence-electron chi connectivity index (χ0n) is 36.5. The summed E-state index contributed by atoms with van der Waals surface area (Å²) in [6.07, 6.45) is 0. The van der Waals surface area contributed by atoms with E-state index in [0.717, 1.165) is 55.7 Å². The lowest BCUT2D eigenvalue weighted by Gasteiger charge is -2.12. The molecule has 0 fully saturated rings. The Morgan fingerprint density at radius 1 is 0.209 bits per heavy atom.